The molecule has 0 fully saturated rings. The van der Waals surface area contributed by atoms with Crippen LogP contribution in [-0.4, -0.2) is 19.1 Å². The molecule has 6 heteroatoms. The van der Waals surface area contributed by atoms with Crippen LogP contribution < -0.4 is 14.8 Å². The molecule has 108 valence electrons. The molecule has 1 aliphatic heterocycles. The maximum Gasteiger partial charge on any atom is 0.256 e. The summed E-state index contributed by atoms with van der Waals surface area (Å²) in [5.74, 6) is 0.339. The van der Waals surface area contributed by atoms with E-state index >= 15 is 0 Å². The van der Waals surface area contributed by atoms with E-state index in [1.807, 2.05) is 0 Å². The third-order valence-electron chi connectivity index (χ3n) is 3.00. The average Bonchev–Trinajstić information content (AvgIpc) is 2.50. The molecule has 1 amide bonds. The molecule has 0 aromatic heterocycles. The lowest BCUT2D eigenvalue weighted by Crippen LogP contribution is -2.16. The van der Waals surface area contributed by atoms with E-state index in [-0.39, 0.29) is 10.0 Å². The van der Waals surface area contributed by atoms with E-state index in [9.17, 15) is 9.18 Å². The Kier molecular flexibility index (Phi) is 3.79. The number of ether oxygens (including phenoxy) is 2. The number of amides is 1. The third-order valence-corrected chi connectivity index (χ3v) is 3.80. The second-order valence-electron chi connectivity index (χ2n) is 4.41. The summed E-state index contributed by atoms with van der Waals surface area (Å²) in [6.07, 6.45) is 0. The molecule has 0 spiro atoms. The molecular formula is C15H11BrFNO3. The predicted molar refractivity (Wildman–Crippen MR) is 79.5 cm³/mol. The van der Waals surface area contributed by atoms with Gasteiger partial charge in [-0.3, -0.25) is 4.79 Å². The molecule has 0 atom stereocenters. The summed E-state index contributed by atoms with van der Waals surface area (Å²) >= 11 is 3.07. The lowest BCUT2D eigenvalue weighted by molar-refractivity contribution is 0.102. The van der Waals surface area contributed by atoms with Gasteiger partial charge in [0.2, 0.25) is 0 Å². The molecule has 0 aliphatic carbocycles. The average molecular weight is 352 g/mol. The van der Waals surface area contributed by atoms with Crippen molar-refractivity contribution in [2.75, 3.05) is 18.5 Å². The van der Waals surface area contributed by atoms with Crippen molar-refractivity contribution in [3.05, 3.63) is 52.3 Å². The Hall–Kier alpha value is -2.08. The zero-order valence-corrected chi connectivity index (χ0v) is 12.4. The first-order valence-corrected chi connectivity index (χ1v) is 7.09. The number of anilines is 1. The van der Waals surface area contributed by atoms with Gasteiger partial charge in [-0.15, -0.1) is 0 Å². The summed E-state index contributed by atoms with van der Waals surface area (Å²) in [5, 5.41) is 2.71. The van der Waals surface area contributed by atoms with Crippen LogP contribution in [0.25, 0.3) is 0 Å². The first-order valence-electron chi connectivity index (χ1n) is 6.30. The third kappa shape index (κ3) is 2.85. The summed E-state index contributed by atoms with van der Waals surface area (Å²) in [6.45, 7) is 0.981. The molecule has 0 bridgehead atoms. The standard InChI is InChI=1S/C15H11BrFNO3/c16-14-10(2-1-3-11(14)17)15(19)18-9-4-5-12-13(8-9)21-7-6-20-12/h1-5,8H,6-7H2,(H,18,19). The molecule has 3 rings (SSSR count). The van der Waals surface area contributed by atoms with Gasteiger partial charge in [0.25, 0.3) is 5.91 Å². The fourth-order valence-electron chi connectivity index (χ4n) is 2.00. The van der Waals surface area contributed by atoms with Crippen molar-refractivity contribution >= 4 is 27.5 Å². The number of halogens is 2. The Balaban J connectivity index is 1.83. The fourth-order valence-corrected chi connectivity index (χ4v) is 2.44. The van der Waals surface area contributed by atoms with Crippen LogP contribution in [0.15, 0.2) is 40.9 Å². The van der Waals surface area contributed by atoms with Crippen LogP contribution in [-0.2, 0) is 0 Å². The van der Waals surface area contributed by atoms with Gasteiger partial charge in [-0.1, -0.05) is 6.07 Å². The van der Waals surface area contributed by atoms with Crippen molar-refractivity contribution in [2.45, 2.75) is 0 Å². The maximum atomic E-state index is 13.4. The van der Waals surface area contributed by atoms with E-state index in [2.05, 4.69) is 21.2 Å². The number of rotatable bonds is 2. The van der Waals surface area contributed by atoms with E-state index in [1.54, 1.807) is 24.3 Å². The van der Waals surface area contributed by atoms with Crippen molar-refractivity contribution < 1.29 is 18.7 Å². The van der Waals surface area contributed by atoms with E-state index in [1.165, 1.54) is 12.1 Å². The summed E-state index contributed by atoms with van der Waals surface area (Å²) < 4.78 is 24.4. The Morgan fingerprint density at radius 1 is 1.14 bits per heavy atom. The summed E-state index contributed by atoms with van der Waals surface area (Å²) in [7, 11) is 0. The fraction of sp³-hybridized carbons (Fsp3) is 0.133. The van der Waals surface area contributed by atoms with E-state index < -0.39 is 11.7 Å². The zero-order valence-electron chi connectivity index (χ0n) is 10.9. The number of carbonyl (C=O) groups is 1. The number of fused-ring (bicyclic) bond motifs is 1. The number of hydrogen-bond donors (Lipinski definition) is 1. The lowest BCUT2D eigenvalue weighted by atomic mass is 10.2. The predicted octanol–water partition coefficient (Wildman–Crippen LogP) is 3.61. The van der Waals surface area contributed by atoms with Crippen molar-refractivity contribution in [3.63, 3.8) is 0 Å². The number of benzene rings is 2. The largest absolute Gasteiger partial charge is 0.486 e. The van der Waals surface area contributed by atoms with Gasteiger partial charge in [0.15, 0.2) is 11.5 Å². The van der Waals surface area contributed by atoms with Crippen LogP contribution in [0.2, 0.25) is 0 Å². The van der Waals surface area contributed by atoms with E-state index in [4.69, 9.17) is 9.47 Å². The highest BCUT2D eigenvalue weighted by molar-refractivity contribution is 9.10. The second kappa shape index (κ2) is 5.73. The normalized spacial score (nSPS) is 12.9. The van der Waals surface area contributed by atoms with Gasteiger partial charge in [-0.2, -0.15) is 0 Å². The molecule has 1 N–H and O–H groups in total. The molecule has 0 unspecified atom stereocenters. The number of hydrogen-bond acceptors (Lipinski definition) is 3. The SMILES string of the molecule is O=C(Nc1ccc2c(c1)OCCO2)c1cccc(F)c1Br. The quantitative estimate of drug-likeness (QED) is 0.898. The lowest BCUT2D eigenvalue weighted by Gasteiger charge is -2.19. The highest BCUT2D eigenvalue weighted by Gasteiger charge is 2.16. The van der Waals surface area contributed by atoms with E-state index in [0.29, 0.717) is 30.4 Å². The highest BCUT2D eigenvalue weighted by Crippen LogP contribution is 2.33. The van der Waals surface area contributed by atoms with Gasteiger partial charge in [0.05, 0.1) is 10.0 Å². The smallest absolute Gasteiger partial charge is 0.256 e. The Morgan fingerprint density at radius 2 is 1.90 bits per heavy atom. The minimum absolute atomic E-state index is 0.139. The van der Waals surface area contributed by atoms with Crippen LogP contribution >= 0.6 is 15.9 Å². The van der Waals surface area contributed by atoms with Crippen LogP contribution in [0.5, 0.6) is 11.5 Å². The zero-order chi connectivity index (χ0) is 14.8. The Bertz CT molecular complexity index is 705. The molecule has 2 aromatic carbocycles. The summed E-state index contributed by atoms with van der Waals surface area (Å²) in [4.78, 5) is 12.2. The Morgan fingerprint density at radius 3 is 2.71 bits per heavy atom. The van der Waals surface area contributed by atoms with Crippen LogP contribution in [0.3, 0.4) is 0 Å². The molecule has 0 radical (unpaired) electrons. The van der Waals surface area contributed by atoms with Gasteiger partial charge in [-0.25, -0.2) is 4.39 Å². The Labute approximate surface area is 129 Å². The second-order valence-corrected chi connectivity index (χ2v) is 5.21. The summed E-state index contributed by atoms with van der Waals surface area (Å²) in [5.41, 5.74) is 0.783. The molecule has 1 aliphatic rings. The van der Waals surface area contributed by atoms with Gasteiger partial charge < -0.3 is 14.8 Å². The van der Waals surface area contributed by atoms with Gasteiger partial charge in [0, 0.05) is 11.8 Å². The molecule has 21 heavy (non-hydrogen) atoms. The molecule has 0 saturated carbocycles. The van der Waals surface area contributed by atoms with Crippen LogP contribution in [0.4, 0.5) is 10.1 Å². The van der Waals surface area contributed by atoms with Crippen molar-refractivity contribution in [1.82, 2.24) is 0 Å². The number of carbonyl (C=O) groups excluding carboxylic acids is 1. The summed E-state index contributed by atoms with van der Waals surface area (Å²) in [6, 6.07) is 9.42. The van der Waals surface area contributed by atoms with Crippen LogP contribution in [0.1, 0.15) is 10.4 Å². The maximum absolute atomic E-state index is 13.4. The minimum atomic E-state index is -0.482. The monoisotopic (exact) mass is 351 g/mol. The first kappa shape index (κ1) is 13.9. The van der Waals surface area contributed by atoms with E-state index in [0.717, 1.165) is 0 Å². The number of nitrogens with one attached hydrogen (secondary N) is 1. The molecule has 1 heterocycles. The highest BCUT2D eigenvalue weighted by atomic mass is 79.9. The van der Waals surface area contributed by atoms with Gasteiger partial charge >= 0.3 is 0 Å². The molecule has 0 saturated heterocycles. The minimum Gasteiger partial charge on any atom is -0.486 e. The molecular weight excluding hydrogens is 341 g/mol. The van der Waals surface area contributed by atoms with Crippen molar-refractivity contribution in [1.29, 1.82) is 0 Å². The van der Waals surface area contributed by atoms with Crippen molar-refractivity contribution in [2.24, 2.45) is 0 Å². The van der Waals surface area contributed by atoms with Gasteiger partial charge in [0.1, 0.15) is 19.0 Å². The topological polar surface area (TPSA) is 47.6 Å². The van der Waals surface area contributed by atoms with Gasteiger partial charge in [-0.05, 0) is 40.2 Å². The van der Waals surface area contributed by atoms with Crippen molar-refractivity contribution in [3.8, 4) is 11.5 Å². The molecule has 4 nitrogen and oxygen atoms in total. The van der Waals surface area contributed by atoms with Crippen LogP contribution in [0, 0.1) is 5.82 Å². The molecule has 2 aromatic rings. The first-order chi connectivity index (χ1) is 10.1.